The molecular weight excluding hydrogens is 470 g/mol. The molecule has 0 bridgehead atoms. The van der Waals surface area contributed by atoms with Gasteiger partial charge in [0.15, 0.2) is 0 Å². The molecule has 0 unspecified atom stereocenters. The molecule has 2 aliphatic heterocycles. The van der Waals surface area contributed by atoms with Gasteiger partial charge in [0.05, 0.1) is 37.2 Å². The molecule has 1 aromatic heterocycles. The Morgan fingerprint density at radius 2 is 1.75 bits per heavy atom. The third-order valence-corrected chi connectivity index (χ3v) is 7.59. The first kappa shape index (κ1) is 23.1. The van der Waals surface area contributed by atoms with Gasteiger partial charge in [0.25, 0.3) is 0 Å². The fourth-order valence-corrected chi connectivity index (χ4v) is 5.68. The maximum atomic E-state index is 6.50. The number of aromatic nitrogens is 1. The summed E-state index contributed by atoms with van der Waals surface area (Å²) in [5, 5.41) is 1.75. The summed E-state index contributed by atoms with van der Waals surface area (Å²) in [6.07, 6.45) is 0. The zero-order chi connectivity index (χ0) is 24.9. The Morgan fingerprint density at radius 3 is 2.56 bits per heavy atom. The lowest BCUT2D eigenvalue weighted by Gasteiger charge is -2.30. The number of methoxy groups -OCH3 is 1. The molecule has 0 saturated carbocycles. The third-order valence-electron chi connectivity index (χ3n) is 7.35. The van der Waals surface area contributed by atoms with Crippen LogP contribution in [0.2, 0.25) is 5.02 Å². The Morgan fingerprint density at radius 1 is 0.944 bits per heavy atom. The van der Waals surface area contributed by atoms with Crippen LogP contribution in [0.3, 0.4) is 0 Å². The summed E-state index contributed by atoms with van der Waals surface area (Å²) in [6.45, 7) is 8.85. The van der Waals surface area contributed by atoms with E-state index in [9.17, 15) is 0 Å². The normalized spacial score (nSPS) is 16.9. The molecule has 1 fully saturated rings. The molecule has 1 saturated heterocycles. The number of halogens is 1. The first-order chi connectivity index (χ1) is 17.4. The summed E-state index contributed by atoms with van der Waals surface area (Å²) in [7, 11) is 1.70. The summed E-state index contributed by atoms with van der Waals surface area (Å²) in [4.78, 5) is 9.88. The van der Waals surface area contributed by atoms with Crippen molar-refractivity contribution >= 4 is 39.6 Å². The Labute approximate surface area is 217 Å². The van der Waals surface area contributed by atoms with Gasteiger partial charge in [-0.2, -0.15) is 0 Å². The predicted octanol–water partition coefficient (Wildman–Crippen LogP) is 6.83. The number of ether oxygens (including phenoxy) is 2. The van der Waals surface area contributed by atoms with Gasteiger partial charge in [-0.15, -0.1) is 0 Å². The van der Waals surface area contributed by atoms with E-state index in [1.54, 1.807) is 7.11 Å². The van der Waals surface area contributed by atoms with Gasteiger partial charge in [0.1, 0.15) is 5.75 Å². The van der Waals surface area contributed by atoms with E-state index < -0.39 is 0 Å². The molecule has 2 aliphatic rings. The van der Waals surface area contributed by atoms with Gasteiger partial charge in [0.2, 0.25) is 0 Å². The first-order valence-electron chi connectivity index (χ1n) is 12.4. The molecule has 6 heteroatoms. The number of benzene rings is 3. The van der Waals surface area contributed by atoms with Crippen LogP contribution in [0.25, 0.3) is 22.2 Å². The molecule has 6 rings (SSSR count). The second kappa shape index (κ2) is 8.99. The van der Waals surface area contributed by atoms with Crippen LogP contribution in [0.1, 0.15) is 19.4 Å². The van der Waals surface area contributed by atoms with E-state index in [0.29, 0.717) is 5.02 Å². The highest BCUT2D eigenvalue weighted by Gasteiger charge is 2.37. The van der Waals surface area contributed by atoms with E-state index in [4.69, 9.17) is 26.1 Å². The van der Waals surface area contributed by atoms with E-state index in [1.165, 1.54) is 16.9 Å². The first-order valence-corrected chi connectivity index (χ1v) is 12.8. The second-order valence-electron chi connectivity index (χ2n) is 10.2. The molecule has 0 atom stereocenters. The van der Waals surface area contributed by atoms with Gasteiger partial charge >= 0.3 is 0 Å². The minimum absolute atomic E-state index is 0.00234. The quantitative estimate of drug-likeness (QED) is 0.307. The number of morpholine rings is 1. The lowest BCUT2D eigenvalue weighted by molar-refractivity contribution is 0.122. The zero-order valence-electron chi connectivity index (χ0n) is 20.9. The molecule has 4 aromatic rings. The van der Waals surface area contributed by atoms with Gasteiger partial charge < -0.3 is 19.3 Å². The molecule has 36 heavy (non-hydrogen) atoms. The number of para-hydroxylation sites is 1. The highest BCUT2D eigenvalue weighted by molar-refractivity contribution is 6.31. The van der Waals surface area contributed by atoms with Gasteiger partial charge in [-0.3, -0.25) is 0 Å². The van der Waals surface area contributed by atoms with Gasteiger partial charge in [0, 0.05) is 52.4 Å². The van der Waals surface area contributed by atoms with Crippen molar-refractivity contribution in [3.05, 3.63) is 77.3 Å². The minimum atomic E-state index is -0.00234. The van der Waals surface area contributed by atoms with Crippen molar-refractivity contribution in [3.8, 4) is 17.0 Å². The predicted molar refractivity (Wildman–Crippen MR) is 148 cm³/mol. The lowest BCUT2D eigenvalue weighted by Crippen LogP contribution is -2.36. The van der Waals surface area contributed by atoms with Crippen LogP contribution in [0.4, 0.5) is 17.1 Å². The molecule has 0 radical (unpaired) electrons. The summed E-state index contributed by atoms with van der Waals surface area (Å²) < 4.78 is 11.3. The monoisotopic (exact) mass is 499 g/mol. The average Bonchev–Trinajstić information content (AvgIpc) is 3.18. The SMILES string of the molecule is COc1ccccc1-c1cc(N2CC(C)(C)c3ccc(N4CCOCC4)cc32)c2cc(Cl)ccc2n1. The summed E-state index contributed by atoms with van der Waals surface area (Å²) in [6, 6.07) is 23.1. The van der Waals surface area contributed by atoms with Crippen LogP contribution in [0.15, 0.2) is 66.7 Å². The van der Waals surface area contributed by atoms with Crippen LogP contribution < -0.4 is 14.5 Å². The van der Waals surface area contributed by atoms with Crippen LogP contribution >= 0.6 is 11.6 Å². The van der Waals surface area contributed by atoms with E-state index in [2.05, 4.69) is 54.0 Å². The summed E-state index contributed by atoms with van der Waals surface area (Å²) in [5.74, 6) is 0.806. The number of rotatable bonds is 4. The van der Waals surface area contributed by atoms with Crippen LogP contribution in [0.5, 0.6) is 5.75 Å². The lowest BCUT2D eigenvalue weighted by atomic mass is 9.87. The van der Waals surface area contributed by atoms with Gasteiger partial charge in [-0.05, 0) is 54.1 Å². The van der Waals surface area contributed by atoms with E-state index in [-0.39, 0.29) is 5.41 Å². The smallest absolute Gasteiger partial charge is 0.128 e. The highest BCUT2D eigenvalue weighted by atomic mass is 35.5. The minimum Gasteiger partial charge on any atom is -0.496 e. The molecule has 0 amide bonds. The number of hydrogen-bond acceptors (Lipinski definition) is 5. The molecule has 5 nitrogen and oxygen atoms in total. The van der Waals surface area contributed by atoms with Crippen LogP contribution in [0, 0.1) is 0 Å². The molecule has 3 heterocycles. The van der Waals surface area contributed by atoms with Crippen molar-refractivity contribution in [1.82, 2.24) is 4.98 Å². The van der Waals surface area contributed by atoms with Crippen LogP contribution in [-0.4, -0.2) is 44.9 Å². The van der Waals surface area contributed by atoms with Crippen molar-refractivity contribution in [2.45, 2.75) is 19.3 Å². The molecule has 0 aliphatic carbocycles. The van der Waals surface area contributed by atoms with E-state index >= 15 is 0 Å². The average molecular weight is 500 g/mol. The van der Waals surface area contributed by atoms with Crippen molar-refractivity contribution in [3.63, 3.8) is 0 Å². The van der Waals surface area contributed by atoms with Crippen molar-refractivity contribution in [1.29, 1.82) is 0 Å². The second-order valence-corrected chi connectivity index (χ2v) is 10.6. The number of nitrogens with zero attached hydrogens (tertiary/aromatic N) is 3. The van der Waals surface area contributed by atoms with Gasteiger partial charge in [-0.25, -0.2) is 4.98 Å². The molecular formula is C30H30ClN3O2. The Kier molecular flexibility index (Phi) is 5.78. The van der Waals surface area contributed by atoms with E-state index in [1.807, 2.05) is 36.4 Å². The largest absolute Gasteiger partial charge is 0.496 e. The van der Waals surface area contributed by atoms with Gasteiger partial charge in [-0.1, -0.05) is 43.6 Å². The molecule has 3 aromatic carbocycles. The third kappa shape index (κ3) is 3.97. The summed E-state index contributed by atoms with van der Waals surface area (Å²) in [5.41, 5.74) is 7.70. The van der Waals surface area contributed by atoms with Crippen molar-refractivity contribution in [2.24, 2.45) is 0 Å². The number of fused-ring (bicyclic) bond motifs is 2. The highest BCUT2D eigenvalue weighted by Crippen LogP contribution is 2.48. The van der Waals surface area contributed by atoms with Crippen LogP contribution in [-0.2, 0) is 10.2 Å². The van der Waals surface area contributed by atoms with E-state index in [0.717, 1.165) is 66.4 Å². The molecule has 184 valence electrons. The van der Waals surface area contributed by atoms with Crippen molar-refractivity contribution in [2.75, 3.05) is 49.8 Å². The fraction of sp³-hybridized carbons (Fsp3) is 0.300. The Balaban J connectivity index is 1.55. The Hall–Kier alpha value is -3.28. The maximum Gasteiger partial charge on any atom is 0.128 e. The molecule has 0 spiro atoms. The summed E-state index contributed by atoms with van der Waals surface area (Å²) >= 11 is 6.50. The zero-order valence-corrected chi connectivity index (χ0v) is 21.7. The Bertz CT molecular complexity index is 1450. The maximum absolute atomic E-state index is 6.50. The number of pyridine rings is 1. The number of anilines is 3. The topological polar surface area (TPSA) is 37.8 Å². The molecule has 0 N–H and O–H groups in total. The van der Waals surface area contributed by atoms with Crippen molar-refractivity contribution < 1.29 is 9.47 Å². The number of hydrogen-bond donors (Lipinski definition) is 0. The standard InChI is InChI=1S/C30H30ClN3O2/c1-30(2)19-34(28-17-21(9-10-24(28)30)33-12-14-36-15-13-33)27-18-26(22-6-4-5-7-29(22)35-3)32-25-11-8-20(31)16-23(25)27/h4-11,16-18H,12-15,19H2,1-3H3. The fourth-order valence-electron chi connectivity index (χ4n) is 5.51.